The molecule has 2 aromatic carbocycles. The van der Waals surface area contributed by atoms with Crippen molar-refractivity contribution in [3.8, 4) is 11.1 Å². The zero-order chi connectivity index (χ0) is 23.8. The second kappa shape index (κ2) is 10.6. The van der Waals surface area contributed by atoms with Crippen LogP contribution < -0.4 is 28.7 Å². The van der Waals surface area contributed by atoms with Crippen LogP contribution >= 0.6 is 0 Å². The summed E-state index contributed by atoms with van der Waals surface area (Å²) in [6, 6.07) is 12.7. The summed E-state index contributed by atoms with van der Waals surface area (Å²) in [6.07, 6.45) is 17.4. The summed E-state index contributed by atoms with van der Waals surface area (Å²) >= 11 is -1.76. The molecule has 0 amide bonds. The van der Waals surface area contributed by atoms with Crippen molar-refractivity contribution < 1.29 is 42.2 Å². The van der Waals surface area contributed by atoms with Crippen molar-refractivity contribution in [1.29, 1.82) is 0 Å². The Balaban J connectivity index is 0.00000140. The Kier molecular flexibility index (Phi) is 7.90. The van der Waals surface area contributed by atoms with Crippen LogP contribution in [-0.4, -0.2) is 3.81 Å². The van der Waals surface area contributed by atoms with Crippen LogP contribution in [0, 0.1) is 23.7 Å². The molecular weight excluding hydrogens is 527 g/mol. The number of hydrogen-bond donors (Lipinski definition) is 0. The molecule has 0 saturated heterocycles. The minimum absolute atomic E-state index is 0. The maximum absolute atomic E-state index is 2.73. The molecule has 4 saturated carbocycles. The van der Waals surface area contributed by atoms with Gasteiger partial charge in [-0.2, -0.15) is 0 Å². The summed E-state index contributed by atoms with van der Waals surface area (Å²) in [7, 11) is 0. The molecule has 3 heteroatoms. The summed E-state index contributed by atoms with van der Waals surface area (Å²) < 4.78 is 5.80. The van der Waals surface area contributed by atoms with Crippen LogP contribution in [0.3, 0.4) is 0 Å². The third kappa shape index (κ3) is 4.63. The molecule has 4 fully saturated rings. The van der Waals surface area contributed by atoms with Crippen LogP contribution in [0.1, 0.15) is 100 Å². The Hall–Kier alpha value is -0.916. The third-order valence-corrected chi connectivity index (χ3v) is 15.4. The van der Waals surface area contributed by atoms with E-state index in [0.29, 0.717) is 11.8 Å². The number of benzene rings is 2. The summed E-state index contributed by atoms with van der Waals surface area (Å²) in [4.78, 5) is 0. The zero-order valence-electron chi connectivity index (χ0n) is 22.8. The van der Waals surface area contributed by atoms with Gasteiger partial charge in [-0.05, 0) is 0 Å². The molecule has 37 heavy (non-hydrogen) atoms. The monoisotopic (exact) mass is 566 g/mol. The maximum Gasteiger partial charge on any atom is -1.00 e. The Morgan fingerprint density at radius 3 is 2.00 bits per heavy atom. The van der Waals surface area contributed by atoms with E-state index < -0.39 is 17.4 Å². The second-order valence-corrected chi connectivity index (χ2v) is 16.9. The molecule has 8 rings (SSSR count). The first-order valence-corrected chi connectivity index (χ1v) is 16.7. The molecule has 0 radical (unpaired) electrons. The van der Waals surface area contributed by atoms with Gasteiger partial charge in [0, 0.05) is 0 Å². The van der Waals surface area contributed by atoms with Crippen molar-refractivity contribution in [1.82, 2.24) is 0 Å². The van der Waals surface area contributed by atoms with E-state index in [-0.39, 0.29) is 24.8 Å². The van der Waals surface area contributed by atoms with Crippen LogP contribution in [-0.2, 0) is 23.8 Å². The summed E-state index contributed by atoms with van der Waals surface area (Å²) in [6.45, 7) is 9.47. The van der Waals surface area contributed by atoms with E-state index in [4.69, 9.17) is 0 Å². The molecule has 0 unspecified atom stereocenters. The summed E-state index contributed by atoms with van der Waals surface area (Å²) in [5.41, 5.74) is 9.47. The number of fused-ring (bicyclic) bond motifs is 3. The molecule has 0 heterocycles. The summed E-state index contributed by atoms with van der Waals surface area (Å²) in [5, 5.41) is 0. The predicted octanol–water partition coefficient (Wildman–Crippen LogP) is 2.23. The number of hydrogen-bond acceptors (Lipinski definition) is 0. The van der Waals surface area contributed by atoms with Crippen LogP contribution in [0.25, 0.3) is 11.1 Å². The van der Waals surface area contributed by atoms with Gasteiger partial charge in [0.15, 0.2) is 0 Å². The van der Waals surface area contributed by atoms with E-state index in [0.717, 1.165) is 30.1 Å². The fourth-order valence-electron chi connectivity index (χ4n) is 8.48. The van der Waals surface area contributed by atoms with E-state index in [1.807, 2.05) is 7.75 Å². The Bertz CT molecular complexity index is 1280. The molecule has 0 aromatic heterocycles. The van der Waals surface area contributed by atoms with Gasteiger partial charge in [0.1, 0.15) is 0 Å². The molecule has 0 nitrogen and oxygen atoms in total. The van der Waals surface area contributed by atoms with Crippen LogP contribution in [0.15, 0.2) is 52.4 Å². The molecule has 2 aromatic rings. The van der Waals surface area contributed by atoms with Gasteiger partial charge >= 0.3 is 219 Å². The average Bonchev–Trinajstić information content (AvgIpc) is 3.48. The van der Waals surface area contributed by atoms with Gasteiger partial charge in [0.05, 0.1) is 0 Å². The van der Waals surface area contributed by atoms with E-state index in [2.05, 4.69) is 80.1 Å². The van der Waals surface area contributed by atoms with Crippen LogP contribution in [0.4, 0.5) is 0 Å². The molecule has 0 spiro atoms. The molecular formula is C34H40Cl2Ti. The molecule has 0 atom stereocenters. The minimum atomic E-state index is -1.76. The van der Waals surface area contributed by atoms with Crippen molar-refractivity contribution in [3.63, 3.8) is 0 Å². The predicted molar refractivity (Wildman–Crippen MR) is 146 cm³/mol. The van der Waals surface area contributed by atoms with Crippen molar-refractivity contribution >= 4 is 7.68 Å². The fourth-order valence-corrected chi connectivity index (χ4v) is 14.3. The van der Waals surface area contributed by atoms with Crippen molar-refractivity contribution in [3.05, 3.63) is 74.7 Å². The quantitative estimate of drug-likeness (QED) is 0.425. The number of halogens is 2. The molecule has 6 aliphatic carbocycles. The van der Waals surface area contributed by atoms with Gasteiger partial charge in [0.2, 0.25) is 0 Å². The molecule has 6 aliphatic rings. The first-order valence-electron chi connectivity index (χ1n) is 14.4. The van der Waals surface area contributed by atoms with E-state index >= 15 is 0 Å². The number of allylic oxidation sites excluding steroid dienone is 4. The van der Waals surface area contributed by atoms with E-state index in [9.17, 15) is 0 Å². The maximum atomic E-state index is 2.73. The van der Waals surface area contributed by atoms with Gasteiger partial charge in [-0.25, -0.2) is 0 Å². The fraction of sp³-hybridized carbons (Fsp3) is 0.500. The van der Waals surface area contributed by atoms with Gasteiger partial charge in [-0.15, -0.1) is 0 Å². The third-order valence-electron chi connectivity index (χ3n) is 10.1. The minimum Gasteiger partial charge on any atom is -1.00 e. The number of rotatable bonds is 4. The van der Waals surface area contributed by atoms with Crippen molar-refractivity contribution in [2.24, 2.45) is 23.7 Å². The molecule has 0 aliphatic heterocycles. The van der Waals surface area contributed by atoms with Gasteiger partial charge in [0.25, 0.3) is 0 Å². The molecule has 4 bridgehead atoms. The normalized spacial score (nSPS) is 26.0. The van der Waals surface area contributed by atoms with E-state index in [1.165, 1.54) is 37.7 Å². The molecule has 194 valence electrons. The molecule has 0 N–H and O–H groups in total. The SMILES string of the molecule is CC(C)c1ccc2c(c1)-c1cc(C(C)C)c[c]([Ti+2]([C]3=CC=CC3)=[C]3C4CC5CC(C4)CC3C5)c1C2.[Cl-].[Cl-]. The first kappa shape index (κ1) is 27.6. The summed E-state index contributed by atoms with van der Waals surface area (Å²) in [5.74, 6) is 5.13. The van der Waals surface area contributed by atoms with Gasteiger partial charge in [-0.3, -0.25) is 0 Å². The Morgan fingerprint density at radius 1 is 0.757 bits per heavy atom. The van der Waals surface area contributed by atoms with Crippen molar-refractivity contribution in [2.75, 3.05) is 0 Å². The Morgan fingerprint density at radius 2 is 1.41 bits per heavy atom. The van der Waals surface area contributed by atoms with Crippen molar-refractivity contribution in [2.45, 2.75) is 84.5 Å². The standard InChI is InChI=1S/C19H21.C10H14.C5H5.2ClH.Ti/c1-12(2)14-5-7-16-9-17-8-6-15(13(3)4)11-19(17)18(16)10-14;1-7-2-9-4-8(1)5-10(3-7)6-9;1-2-4-5-3-1;;;/h5-7,10-13H,9H2,1-4H3;7-10H,1-5H2;1-3H,4H2;2*1H;/q;;;;;+2/p-2. The van der Waals surface area contributed by atoms with E-state index in [1.54, 1.807) is 34.2 Å². The zero-order valence-corrected chi connectivity index (χ0v) is 25.9. The van der Waals surface area contributed by atoms with Gasteiger partial charge in [-0.1, -0.05) is 0 Å². The first-order chi connectivity index (χ1) is 17.0. The van der Waals surface area contributed by atoms with Crippen LogP contribution in [0.2, 0.25) is 0 Å². The smallest absolute Gasteiger partial charge is 1.00 e. The van der Waals surface area contributed by atoms with Gasteiger partial charge < -0.3 is 24.8 Å². The van der Waals surface area contributed by atoms with Crippen LogP contribution in [0.5, 0.6) is 0 Å². The average molecular weight is 567 g/mol. The Labute approximate surface area is 242 Å². The second-order valence-electron chi connectivity index (χ2n) is 13.0. The largest absolute Gasteiger partial charge is 1.00 e. The topological polar surface area (TPSA) is 0 Å².